The van der Waals surface area contributed by atoms with Crippen LogP contribution in [0, 0.1) is 0 Å². The molecule has 0 aromatic rings. The molecule has 0 spiro atoms. The first-order chi connectivity index (χ1) is 3.42. The van der Waals surface area contributed by atoms with Gasteiger partial charge in [-0.15, -0.1) is 0 Å². The summed E-state index contributed by atoms with van der Waals surface area (Å²) >= 11 is 0. The van der Waals surface area contributed by atoms with Gasteiger partial charge in [-0.05, 0) is 0 Å². The van der Waals surface area contributed by atoms with Crippen LogP contribution in [0.5, 0.6) is 0 Å². The van der Waals surface area contributed by atoms with E-state index in [-0.39, 0.29) is 37.7 Å². The van der Waals surface area contributed by atoms with Crippen molar-refractivity contribution in [2.24, 2.45) is 0 Å². The molecule has 0 saturated carbocycles. The molecule has 0 fully saturated rings. The topological polar surface area (TPSA) is 91.7 Å². The predicted molar refractivity (Wildman–Crippen MR) is 38.3 cm³/mol. The van der Waals surface area contributed by atoms with Gasteiger partial charge in [-0.25, -0.2) is 0 Å². The summed E-state index contributed by atoms with van der Waals surface area (Å²) in [6.07, 6.45) is 0. The van der Waals surface area contributed by atoms with Gasteiger partial charge < -0.3 is 5.11 Å². The Morgan fingerprint density at radius 1 is 1.30 bits per heavy atom. The Morgan fingerprint density at radius 2 is 1.60 bits per heavy atom. The van der Waals surface area contributed by atoms with E-state index < -0.39 is 21.8 Å². The van der Waals surface area contributed by atoms with E-state index in [1.165, 1.54) is 0 Å². The van der Waals surface area contributed by atoms with Crippen molar-refractivity contribution in [3.8, 4) is 0 Å². The monoisotopic (exact) mass is 156 g/mol. The molecule has 0 aliphatic rings. The second-order valence-electron chi connectivity index (χ2n) is 1.12. The third-order valence-corrected chi connectivity index (χ3v) is 0.918. The molecule has 52 valence electrons. The zero-order valence-corrected chi connectivity index (χ0v) is 4.55. The molecule has 0 amide bonds. The Hall–Kier alpha value is 0.575. The summed E-state index contributed by atoms with van der Waals surface area (Å²) in [5.74, 6) is -2.79. The summed E-state index contributed by atoms with van der Waals surface area (Å²) in [5, 5.41) is 7.71. The van der Waals surface area contributed by atoms with Crippen molar-refractivity contribution in [1.82, 2.24) is 0 Å². The first kappa shape index (κ1) is 16.9. The summed E-state index contributed by atoms with van der Waals surface area (Å²) in [5.41, 5.74) is 0. The molecule has 5 nitrogen and oxygen atoms in total. The van der Waals surface area contributed by atoms with E-state index in [9.17, 15) is 13.2 Å². The van der Waals surface area contributed by atoms with Gasteiger partial charge in [-0.2, -0.15) is 8.42 Å². The van der Waals surface area contributed by atoms with Crippen molar-refractivity contribution in [2.45, 2.75) is 0 Å². The quantitative estimate of drug-likeness (QED) is 0.345. The second kappa shape index (κ2) is 6.30. The van der Waals surface area contributed by atoms with Crippen LogP contribution in [0.15, 0.2) is 0 Å². The van der Waals surface area contributed by atoms with Crippen LogP contribution in [0.25, 0.3) is 0 Å². The molecular formula is C2H6Li2O5S. The molecule has 0 aliphatic carbocycles. The van der Waals surface area contributed by atoms with Crippen LogP contribution in [-0.4, -0.2) is 67.5 Å². The standard InChI is InChI=1S/C2H4O5S.2Li.2H/c3-2(4)1-8(5,6)7;;;;/h1H2,(H,3,4)(H,5,6,7);;;;. The zero-order valence-electron chi connectivity index (χ0n) is 3.73. The summed E-state index contributed by atoms with van der Waals surface area (Å²) in [4.78, 5) is 9.48. The minimum atomic E-state index is -4.32. The predicted octanol–water partition coefficient (Wildman–Crippen LogP) is -2.34. The third kappa shape index (κ3) is 15.8. The fourth-order valence-corrected chi connectivity index (χ4v) is 0.468. The van der Waals surface area contributed by atoms with Crippen LogP contribution in [0.4, 0.5) is 0 Å². The molecule has 0 unspecified atom stereocenters. The number of carbonyl (C=O) groups is 1. The molecule has 0 rings (SSSR count). The van der Waals surface area contributed by atoms with Crippen molar-refractivity contribution in [1.29, 1.82) is 0 Å². The van der Waals surface area contributed by atoms with E-state index in [4.69, 9.17) is 9.66 Å². The van der Waals surface area contributed by atoms with E-state index in [0.29, 0.717) is 0 Å². The Bertz CT molecular complexity index is 184. The van der Waals surface area contributed by atoms with Gasteiger partial charge in [0.05, 0.1) is 0 Å². The van der Waals surface area contributed by atoms with Crippen molar-refractivity contribution in [3.63, 3.8) is 0 Å². The third-order valence-electron chi connectivity index (χ3n) is 0.306. The van der Waals surface area contributed by atoms with Gasteiger partial charge >= 0.3 is 43.7 Å². The van der Waals surface area contributed by atoms with E-state index in [0.717, 1.165) is 0 Å². The molecule has 0 heterocycles. The second-order valence-corrected chi connectivity index (χ2v) is 2.57. The van der Waals surface area contributed by atoms with Crippen LogP contribution in [0.3, 0.4) is 0 Å². The minimum absolute atomic E-state index is 0. The van der Waals surface area contributed by atoms with E-state index in [1.807, 2.05) is 0 Å². The summed E-state index contributed by atoms with van der Waals surface area (Å²) in [6, 6.07) is 0. The Morgan fingerprint density at radius 3 is 1.60 bits per heavy atom. The van der Waals surface area contributed by atoms with Gasteiger partial charge in [0.25, 0.3) is 10.1 Å². The Balaban J connectivity index is -0.000000245. The average Bonchev–Trinajstić information content (AvgIpc) is 1.21. The average molecular weight is 156 g/mol. The van der Waals surface area contributed by atoms with E-state index in [1.54, 1.807) is 0 Å². The van der Waals surface area contributed by atoms with E-state index in [2.05, 4.69) is 0 Å². The normalized spacial score (nSPS) is 8.90. The van der Waals surface area contributed by atoms with Crippen LogP contribution >= 0.6 is 0 Å². The van der Waals surface area contributed by atoms with Crippen molar-refractivity contribution >= 4 is 53.8 Å². The van der Waals surface area contributed by atoms with Crippen molar-refractivity contribution in [2.75, 3.05) is 5.75 Å². The SMILES string of the molecule is O=C(O)CS(=O)(=O)O.[LiH].[LiH]. The molecule has 2 N–H and O–H groups in total. The fraction of sp³-hybridized carbons (Fsp3) is 0.500. The number of rotatable bonds is 2. The van der Waals surface area contributed by atoms with Crippen LogP contribution in [0.2, 0.25) is 0 Å². The van der Waals surface area contributed by atoms with Gasteiger partial charge in [0.15, 0.2) is 5.75 Å². The van der Waals surface area contributed by atoms with Crippen LogP contribution in [-0.2, 0) is 14.9 Å². The van der Waals surface area contributed by atoms with Crippen LogP contribution < -0.4 is 0 Å². The van der Waals surface area contributed by atoms with Gasteiger partial charge in [-0.3, -0.25) is 9.35 Å². The van der Waals surface area contributed by atoms with Crippen molar-refractivity contribution < 1.29 is 22.9 Å². The number of carboxylic acid groups (broad SMARTS) is 1. The van der Waals surface area contributed by atoms with Crippen LogP contribution in [0.1, 0.15) is 0 Å². The van der Waals surface area contributed by atoms with Gasteiger partial charge in [-0.1, -0.05) is 0 Å². The molecule has 0 bridgehead atoms. The molecule has 0 saturated heterocycles. The summed E-state index contributed by atoms with van der Waals surface area (Å²) in [6.45, 7) is 0. The molecule has 0 radical (unpaired) electrons. The Labute approximate surface area is 82.3 Å². The molecule has 0 atom stereocenters. The summed E-state index contributed by atoms with van der Waals surface area (Å²) in [7, 11) is -4.32. The summed E-state index contributed by atoms with van der Waals surface area (Å²) < 4.78 is 27.0. The number of carboxylic acids is 1. The first-order valence-corrected chi connectivity index (χ1v) is 3.20. The van der Waals surface area contributed by atoms with Crippen molar-refractivity contribution in [3.05, 3.63) is 0 Å². The molecule has 0 aliphatic heterocycles. The van der Waals surface area contributed by atoms with Gasteiger partial charge in [0, 0.05) is 0 Å². The maximum absolute atomic E-state index is 9.62. The number of hydrogen-bond donors (Lipinski definition) is 2. The van der Waals surface area contributed by atoms with E-state index >= 15 is 0 Å². The van der Waals surface area contributed by atoms with Gasteiger partial charge in [0.2, 0.25) is 0 Å². The molecule has 8 heteroatoms. The number of aliphatic carboxylic acids is 1. The Kier molecular flexibility index (Phi) is 10.6. The fourth-order valence-electron chi connectivity index (χ4n) is 0.156. The molecular weight excluding hydrogens is 150 g/mol. The molecule has 0 aromatic carbocycles. The maximum atomic E-state index is 9.62. The molecule has 0 aromatic heterocycles. The molecule has 10 heavy (non-hydrogen) atoms. The number of hydrogen-bond acceptors (Lipinski definition) is 3. The zero-order chi connectivity index (χ0) is 6.78. The first-order valence-electron chi connectivity index (χ1n) is 1.59. The van der Waals surface area contributed by atoms with Gasteiger partial charge in [0.1, 0.15) is 0 Å².